The SMILES string of the molecule is Cc1c(Cl)ccc2c1NC(=O)[C@@]21N[C@H](CCC(N)=O)[C@H]2C(=O)N(c3cccc(Br)c3)C(=O)[C@H]21. The number of amides is 4. The molecule has 4 atom stereocenters. The molecule has 0 aliphatic carbocycles. The molecular formula is C23H20BrClN4O4. The third-order valence-electron chi connectivity index (χ3n) is 6.85. The smallest absolute Gasteiger partial charge is 0.250 e. The number of hydrogen-bond acceptors (Lipinski definition) is 5. The Morgan fingerprint density at radius 1 is 1.21 bits per heavy atom. The van der Waals surface area contributed by atoms with Gasteiger partial charge in [0, 0.05) is 27.5 Å². The second-order valence-electron chi connectivity index (χ2n) is 8.61. The predicted molar refractivity (Wildman–Crippen MR) is 125 cm³/mol. The van der Waals surface area contributed by atoms with Crippen LogP contribution in [0.25, 0.3) is 0 Å². The maximum absolute atomic E-state index is 13.8. The van der Waals surface area contributed by atoms with E-state index in [1.165, 1.54) is 0 Å². The quantitative estimate of drug-likeness (QED) is 0.524. The van der Waals surface area contributed by atoms with Crippen molar-refractivity contribution in [2.24, 2.45) is 17.6 Å². The van der Waals surface area contributed by atoms with Crippen LogP contribution in [0.5, 0.6) is 0 Å². The van der Waals surface area contributed by atoms with Crippen LogP contribution in [0.15, 0.2) is 40.9 Å². The molecule has 0 bridgehead atoms. The highest BCUT2D eigenvalue weighted by atomic mass is 79.9. The summed E-state index contributed by atoms with van der Waals surface area (Å²) in [7, 11) is 0. The molecule has 0 saturated carbocycles. The van der Waals surface area contributed by atoms with Gasteiger partial charge in [0.25, 0.3) is 0 Å². The molecule has 8 nitrogen and oxygen atoms in total. The number of carbonyl (C=O) groups excluding carboxylic acids is 4. The summed E-state index contributed by atoms with van der Waals surface area (Å²) < 4.78 is 0.713. The van der Waals surface area contributed by atoms with Crippen molar-refractivity contribution in [1.82, 2.24) is 5.32 Å². The monoisotopic (exact) mass is 530 g/mol. The molecule has 0 aromatic heterocycles. The zero-order valence-electron chi connectivity index (χ0n) is 17.5. The Morgan fingerprint density at radius 2 is 1.97 bits per heavy atom. The van der Waals surface area contributed by atoms with Crippen molar-refractivity contribution in [3.05, 3.63) is 57.0 Å². The van der Waals surface area contributed by atoms with Crippen molar-refractivity contribution >= 4 is 62.5 Å². The number of benzene rings is 2. The average Bonchev–Trinajstić information content (AvgIpc) is 3.34. The topological polar surface area (TPSA) is 122 Å². The number of fused-ring (bicyclic) bond motifs is 4. The van der Waals surface area contributed by atoms with Crippen molar-refractivity contribution in [1.29, 1.82) is 0 Å². The van der Waals surface area contributed by atoms with Gasteiger partial charge in [0.1, 0.15) is 5.54 Å². The van der Waals surface area contributed by atoms with Crippen LogP contribution in [-0.2, 0) is 24.7 Å². The highest BCUT2D eigenvalue weighted by molar-refractivity contribution is 9.10. The number of imide groups is 1. The van der Waals surface area contributed by atoms with Crippen molar-refractivity contribution in [3.8, 4) is 0 Å². The maximum Gasteiger partial charge on any atom is 0.250 e. The number of carbonyl (C=O) groups is 4. The first-order chi connectivity index (χ1) is 15.7. The highest BCUT2D eigenvalue weighted by Gasteiger charge is 2.70. The summed E-state index contributed by atoms with van der Waals surface area (Å²) in [6.45, 7) is 1.78. The molecule has 3 aliphatic heterocycles. The second-order valence-corrected chi connectivity index (χ2v) is 9.93. The van der Waals surface area contributed by atoms with Crippen LogP contribution in [0.2, 0.25) is 5.02 Å². The van der Waals surface area contributed by atoms with Crippen LogP contribution in [0.1, 0.15) is 24.0 Å². The van der Waals surface area contributed by atoms with E-state index >= 15 is 0 Å². The van der Waals surface area contributed by atoms with Gasteiger partial charge in [0.2, 0.25) is 23.6 Å². The first kappa shape index (κ1) is 22.1. The van der Waals surface area contributed by atoms with Gasteiger partial charge in [-0.1, -0.05) is 39.7 Å². The van der Waals surface area contributed by atoms with Crippen LogP contribution < -0.4 is 21.3 Å². The summed E-state index contributed by atoms with van der Waals surface area (Å²) in [5, 5.41) is 6.63. The van der Waals surface area contributed by atoms with E-state index in [1.54, 1.807) is 43.3 Å². The van der Waals surface area contributed by atoms with Crippen LogP contribution in [-0.4, -0.2) is 29.7 Å². The molecule has 2 aromatic rings. The van der Waals surface area contributed by atoms with E-state index in [0.29, 0.717) is 32.0 Å². The Kier molecular flexibility index (Phi) is 5.11. The molecule has 2 aromatic carbocycles. The molecule has 0 radical (unpaired) electrons. The van der Waals surface area contributed by atoms with Crippen LogP contribution >= 0.6 is 27.5 Å². The zero-order chi connectivity index (χ0) is 23.7. The Labute approximate surface area is 203 Å². The maximum atomic E-state index is 13.8. The lowest BCUT2D eigenvalue weighted by Crippen LogP contribution is -2.53. The molecule has 0 unspecified atom stereocenters. The van der Waals surface area contributed by atoms with Crippen LogP contribution in [0.4, 0.5) is 11.4 Å². The Hall–Kier alpha value is -2.75. The van der Waals surface area contributed by atoms with E-state index in [4.69, 9.17) is 17.3 Å². The van der Waals surface area contributed by atoms with Gasteiger partial charge in [-0.2, -0.15) is 0 Å². The molecule has 10 heteroatoms. The lowest BCUT2D eigenvalue weighted by atomic mass is 9.76. The minimum Gasteiger partial charge on any atom is -0.370 e. The average molecular weight is 532 g/mol. The van der Waals surface area contributed by atoms with Gasteiger partial charge in [-0.25, -0.2) is 4.90 Å². The van der Waals surface area contributed by atoms with Crippen LogP contribution in [0, 0.1) is 18.8 Å². The number of rotatable bonds is 4. The van der Waals surface area contributed by atoms with E-state index in [0.717, 1.165) is 4.90 Å². The molecule has 33 heavy (non-hydrogen) atoms. The third kappa shape index (κ3) is 3.06. The largest absolute Gasteiger partial charge is 0.370 e. The number of hydrogen-bond donors (Lipinski definition) is 3. The summed E-state index contributed by atoms with van der Waals surface area (Å²) in [5.41, 5.74) is 6.12. The molecule has 4 N–H and O–H groups in total. The van der Waals surface area contributed by atoms with Gasteiger partial charge in [0.05, 0.1) is 23.2 Å². The molecule has 2 fully saturated rings. The van der Waals surface area contributed by atoms with Crippen LogP contribution in [0.3, 0.4) is 0 Å². The first-order valence-corrected chi connectivity index (χ1v) is 11.6. The standard InChI is InChI=1S/C23H20BrClN4O4/c1-10-14(25)6-5-13-19(10)27-22(33)23(13)18-17(15(28-23)7-8-16(26)30)20(31)29(21(18)32)12-4-2-3-11(24)9-12/h2-6,9,15,17-18,28H,7-8H2,1H3,(H2,26,30)(H,27,33)/t15-,17-,18+,23-/m1/s1. The number of primary amides is 1. The van der Waals surface area contributed by atoms with Crippen molar-refractivity contribution < 1.29 is 19.2 Å². The van der Waals surface area contributed by atoms with Gasteiger partial charge in [-0.05, 0) is 43.2 Å². The first-order valence-electron chi connectivity index (χ1n) is 10.5. The molecule has 170 valence electrons. The molecule has 3 aliphatic rings. The fraction of sp³-hybridized carbons (Fsp3) is 0.304. The normalized spacial score (nSPS) is 27.8. The summed E-state index contributed by atoms with van der Waals surface area (Å²) >= 11 is 9.65. The summed E-state index contributed by atoms with van der Waals surface area (Å²) in [5.74, 6) is -3.63. The second kappa shape index (κ2) is 7.65. The summed E-state index contributed by atoms with van der Waals surface area (Å²) in [6, 6.07) is 9.68. The molecule has 1 spiro atoms. The predicted octanol–water partition coefficient (Wildman–Crippen LogP) is 2.60. The van der Waals surface area contributed by atoms with E-state index < -0.39 is 47.0 Å². The van der Waals surface area contributed by atoms with Crippen molar-refractivity contribution in [3.63, 3.8) is 0 Å². The minimum absolute atomic E-state index is 0.0173. The number of anilines is 2. The fourth-order valence-corrected chi connectivity index (χ4v) is 5.95. The Balaban J connectivity index is 1.67. The minimum atomic E-state index is -1.45. The fourth-order valence-electron chi connectivity index (χ4n) is 5.41. The molecule has 3 heterocycles. The lowest BCUT2D eigenvalue weighted by Gasteiger charge is -2.29. The van der Waals surface area contributed by atoms with E-state index in [-0.39, 0.29) is 12.8 Å². The van der Waals surface area contributed by atoms with Crippen molar-refractivity contribution in [2.45, 2.75) is 31.3 Å². The highest BCUT2D eigenvalue weighted by Crippen LogP contribution is 2.55. The molecule has 4 amide bonds. The van der Waals surface area contributed by atoms with E-state index in [9.17, 15) is 19.2 Å². The molecule has 5 rings (SSSR count). The Bertz CT molecular complexity index is 1250. The van der Waals surface area contributed by atoms with Gasteiger partial charge >= 0.3 is 0 Å². The number of nitrogens with one attached hydrogen (secondary N) is 2. The van der Waals surface area contributed by atoms with Gasteiger partial charge in [-0.3, -0.25) is 24.5 Å². The molecule has 2 saturated heterocycles. The number of nitrogens with two attached hydrogens (primary N) is 1. The Morgan fingerprint density at radius 3 is 2.67 bits per heavy atom. The van der Waals surface area contributed by atoms with E-state index in [2.05, 4.69) is 26.6 Å². The summed E-state index contributed by atoms with van der Waals surface area (Å²) in [6.07, 6.45) is 0.238. The summed E-state index contributed by atoms with van der Waals surface area (Å²) in [4.78, 5) is 53.6. The van der Waals surface area contributed by atoms with Gasteiger partial charge < -0.3 is 11.1 Å². The lowest BCUT2D eigenvalue weighted by molar-refractivity contribution is -0.130. The van der Waals surface area contributed by atoms with Crippen molar-refractivity contribution in [2.75, 3.05) is 10.2 Å². The number of halogens is 2. The van der Waals surface area contributed by atoms with Gasteiger partial charge in [0.15, 0.2) is 0 Å². The van der Waals surface area contributed by atoms with Gasteiger partial charge in [-0.15, -0.1) is 0 Å². The molecular weight excluding hydrogens is 512 g/mol. The third-order valence-corrected chi connectivity index (χ3v) is 7.76. The zero-order valence-corrected chi connectivity index (χ0v) is 19.9. The number of nitrogens with zero attached hydrogens (tertiary/aromatic N) is 1. The van der Waals surface area contributed by atoms with E-state index in [1.807, 2.05) is 0 Å².